The molecule has 24 heavy (non-hydrogen) atoms. The Kier molecular flexibility index (Phi) is 5.56. The number of nitrogens with one attached hydrogen (secondary N) is 1. The van der Waals surface area contributed by atoms with E-state index < -0.39 is 10.0 Å². The van der Waals surface area contributed by atoms with Crippen molar-refractivity contribution in [1.29, 1.82) is 0 Å². The van der Waals surface area contributed by atoms with Crippen LogP contribution in [0.2, 0.25) is 0 Å². The van der Waals surface area contributed by atoms with Gasteiger partial charge >= 0.3 is 0 Å². The first kappa shape index (κ1) is 17.9. The van der Waals surface area contributed by atoms with Gasteiger partial charge in [0.25, 0.3) is 10.0 Å². The van der Waals surface area contributed by atoms with Crippen molar-refractivity contribution < 1.29 is 22.6 Å². The van der Waals surface area contributed by atoms with Crippen LogP contribution >= 0.6 is 0 Å². The summed E-state index contributed by atoms with van der Waals surface area (Å²) < 4.78 is 44.0. The third kappa shape index (κ3) is 4.11. The predicted octanol–water partition coefficient (Wildman–Crippen LogP) is 3.29. The predicted molar refractivity (Wildman–Crippen MR) is 92.6 cm³/mol. The lowest BCUT2D eigenvalue weighted by Gasteiger charge is -2.17. The van der Waals surface area contributed by atoms with Crippen molar-refractivity contribution in [3.63, 3.8) is 0 Å². The summed E-state index contributed by atoms with van der Waals surface area (Å²) in [6.07, 6.45) is -0.0815. The molecule has 2 aromatic carbocycles. The van der Waals surface area contributed by atoms with Crippen LogP contribution < -0.4 is 18.9 Å². The van der Waals surface area contributed by atoms with Crippen molar-refractivity contribution in [2.75, 3.05) is 18.9 Å². The Hall–Kier alpha value is -2.41. The maximum absolute atomic E-state index is 12.8. The van der Waals surface area contributed by atoms with Gasteiger partial charge in [0.2, 0.25) is 0 Å². The van der Waals surface area contributed by atoms with E-state index in [9.17, 15) is 8.42 Å². The third-order valence-corrected chi connectivity index (χ3v) is 4.54. The molecule has 0 aliphatic heterocycles. The monoisotopic (exact) mass is 351 g/mol. The van der Waals surface area contributed by atoms with Gasteiger partial charge in [-0.05, 0) is 38.1 Å². The highest BCUT2D eigenvalue weighted by molar-refractivity contribution is 7.92. The van der Waals surface area contributed by atoms with Gasteiger partial charge in [-0.1, -0.05) is 12.1 Å². The van der Waals surface area contributed by atoms with Gasteiger partial charge in [0, 0.05) is 6.07 Å². The zero-order chi connectivity index (χ0) is 17.7. The number of anilines is 1. The van der Waals surface area contributed by atoms with Gasteiger partial charge in [0.1, 0.15) is 22.1 Å². The lowest BCUT2D eigenvalue weighted by molar-refractivity contribution is 0.244. The van der Waals surface area contributed by atoms with Gasteiger partial charge in [0.15, 0.2) is 0 Å². The van der Waals surface area contributed by atoms with Gasteiger partial charge in [-0.2, -0.15) is 0 Å². The van der Waals surface area contributed by atoms with Gasteiger partial charge in [-0.25, -0.2) is 8.42 Å². The summed E-state index contributed by atoms with van der Waals surface area (Å²) in [4.78, 5) is -0.0105. The fraction of sp³-hybridized carbons (Fsp3) is 0.294. The van der Waals surface area contributed by atoms with Crippen molar-refractivity contribution in [1.82, 2.24) is 0 Å². The van der Waals surface area contributed by atoms with E-state index >= 15 is 0 Å². The molecule has 2 rings (SSSR count). The number of para-hydroxylation sites is 2. The van der Waals surface area contributed by atoms with E-state index in [2.05, 4.69) is 4.72 Å². The molecule has 0 fully saturated rings. The van der Waals surface area contributed by atoms with E-state index in [0.29, 0.717) is 17.2 Å². The quantitative estimate of drug-likeness (QED) is 0.828. The first-order valence-electron chi connectivity index (χ1n) is 7.38. The fourth-order valence-corrected chi connectivity index (χ4v) is 3.36. The molecule has 6 nitrogen and oxygen atoms in total. The van der Waals surface area contributed by atoms with Crippen LogP contribution in [0.1, 0.15) is 13.8 Å². The number of sulfonamides is 1. The summed E-state index contributed by atoms with van der Waals surface area (Å²) in [5.41, 5.74) is 0.357. The van der Waals surface area contributed by atoms with Crippen LogP contribution in [0.25, 0.3) is 0 Å². The van der Waals surface area contributed by atoms with Crippen molar-refractivity contribution in [2.24, 2.45) is 0 Å². The molecule has 0 spiro atoms. The van der Waals surface area contributed by atoms with Crippen LogP contribution in [0.3, 0.4) is 0 Å². The Morgan fingerprint density at radius 2 is 1.67 bits per heavy atom. The minimum absolute atomic E-state index is 0.0105. The molecule has 0 amide bonds. The van der Waals surface area contributed by atoms with Gasteiger partial charge < -0.3 is 14.2 Å². The molecule has 0 aliphatic carbocycles. The molecule has 0 heterocycles. The molecule has 0 atom stereocenters. The average molecular weight is 351 g/mol. The largest absolute Gasteiger partial charge is 0.497 e. The Morgan fingerprint density at radius 3 is 2.29 bits per heavy atom. The minimum Gasteiger partial charge on any atom is -0.497 e. The number of hydrogen-bond donors (Lipinski definition) is 1. The molecule has 1 N–H and O–H groups in total. The summed E-state index contributed by atoms with van der Waals surface area (Å²) in [6, 6.07) is 11.4. The molecule has 0 aromatic heterocycles. The van der Waals surface area contributed by atoms with Crippen LogP contribution in [0.4, 0.5) is 5.69 Å². The highest BCUT2D eigenvalue weighted by Gasteiger charge is 2.22. The summed E-state index contributed by atoms with van der Waals surface area (Å²) in [5.74, 6) is 1.10. The molecular formula is C17H21NO5S. The molecule has 0 unspecified atom stereocenters. The van der Waals surface area contributed by atoms with Crippen LogP contribution in [0.15, 0.2) is 47.4 Å². The van der Waals surface area contributed by atoms with Crippen LogP contribution in [0.5, 0.6) is 17.2 Å². The highest BCUT2D eigenvalue weighted by Crippen LogP contribution is 2.32. The van der Waals surface area contributed by atoms with Gasteiger partial charge in [0.05, 0.1) is 26.0 Å². The van der Waals surface area contributed by atoms with Crippen LogP contribution in [-0.4, -0.2) is 28.7 Å². The third-order valence-electron chi connectivity index (χ3n) is 3.15. The SMILES string of the molecule is COc1ccc(OC)c(S(=O)(=O)Nc2ccccc2OC(C)C)c1. The highest BCUT2D eigenvalue weighted by atomic mass is 32.2. The van der Waals surface area contributed by atoms with Crippen LogP contribution in [-0.2, 0) is 10.0 Å². The zero-order valence-electron chi connectivity index (χ0n) is 14.1. The number of rotatable bonds is 7. The first-order valence-corrected chi connectivity index (χ1v) is 8.86. The van der Waals surface area contributed by atoms with E-state index in [-0.39, 0.29) is 16.7 Å². The van der Waals surface area contributed by atoms with E-state index in [4.69, 9.17) is 14.2 Å². The van der Waals surface area contributed by atoms with E-state index in [1.165, 1.54) is 20.3 Å². The number of methoxy groups -OCH3 is 2. The number of ether oxygens (including phenoxy) is 3. The molecule has 0 saturated carbocycles. The summed E-state index contributed by atoms with van der Waals surface area (Å²) in [6.45, 7) is 3.74. The molecule has 0 aliphatic rings. The number of hydrogen-bond acceptors (Lipinski definition) is 5. The lowest BCUT2D eigenvalue weighted by atomic mass is 10.3. The molecule has 7 heteroatoms. The Morgan fingerprint density at radius 1 is 0.958 bits per heavy atom. The number of benzene rings is 2. The van der Waals surface area contributed by atoms with E-state index in [0.717, 1.165) is 0 Å². The average Bonchev–Trinajstić information content (AvgIpc) is 2.55. The second-order valence-corrected chi connectivity index (χ2v) is 6.94. The summed E-state index contributed by atoms with van der Waals surface area (Å²) >= 11 is 0. The van der Waals surface area contributed by atoms with Crippen molar-refractivity contribution >= 4 is 15.7 Å². The standard InChI is InChI=1S/C17H21NO5S/c1-12(2)23-15-8-6-5-7-14(15)18-24(19,20)17-11-13(21-3)9-10-16(17)22-4/h5-12,18H,1-4H3. The summed E-state index contributed by atoms with van der Waals surface area (Å²) in [7, 11) is -0.999. The van der Waals surface area contributed by atoms with Gasteiger partial charge in [-0.15, -0.1) is 0 Å². The molecule has 130 valence electrons. The molecule has 0 bridgehead atoms. The maximum atomic E-state index is 12.8. The normalized spacial score (nSPS) is 11.2. The van der Waals surface area contributed by atoms with Crippen LogP contribution in [0, 0.1) is 0 Å². The second-order valence-electron chi connectivity index (χ2n) is 5.29. The topological polar surface area (TPSA) is 73.9 Å². The molecular weight excluding hydrogens is 330 g/mol. The molecule has 0 saturated heterocycles. The Labute approximate surface area is 142 Å². The first-order chi connectivity index (χ1) is 11.4. The lowest BCUT2D eigenvalue weighted by Crippen LogP contribution is -2.16. The minimum atomic E-state index is -3.88. The smallest absolute Gasteiger partial charge is 0.265 e. The molecule has 0 radical (unpaired) electrons. The fourth-order valence-electron chi connectivity index (χ4n) is 2.10. The van der Waals surface area contributed by atoms with E-state index in [1.807, 2.05) is 13.8 Å². The Balaban J connectivity index is 2.43. The zero-order valence-corrected chi connectivity index (χ0v) is 14.9. The van der Waals surface area contributed by atoms with Crippen molar-refractivity contribution in [3.8, 4) is 17.2 Å². The van der Waals surface area contributed by atoms with Crippen molar-refractivity contribution in [3.05, 3.63) is 42.5 Å². The second kappa shape index (κ2) is 7.44. The maximum Gasteiger partial charge on any atom is 0.265 e. The Bertz CT molecular complexity index is 802. The van der Waals surface area contributed by atoms with Crippen molar-refractivity contribution in [2.45, 2.75) is 24.8 Å². The summed E-state index contributed by atoms with van der Waals surface area (Å²) in [5, 5.41) is 0. The molecule has 2 aromatic rings. The van der Waals surface area contributed by atoms with E-state index in [1.54, 1.807) is 36.4 Å². The van der Waals surface area contributed by atoms with Gasteiger partial charge in [-0.3, -0.25) is 4.72 Å².